The van der Waals surface area contributed by atoms with Crippen LogP contribution in [0.5, 0.6) is 0 Å². The summed E-state index contributed by atoms with van der Waals surface area (Å²) in [7, 11) is 0. The average molecular weight is 435 g/mol. The molecule has 0 bridgehead atoms. The summed E-state index contributed by atoms with van der Waals surface area (Å²) in [6.07, 6.45) is 1.04. The number of carbonyl (C=O) groups is 3. The third kappa shape index (κ3) is 4.64. The summed E-state index contributed by atoms with van der Waals surface area (Å²) >= 11 is 1.44. The van der Waals surface area contributed by atoms with Gasteiger partial charge in [-0.05, 0) is 25.3 Å². The van der Waals surface area contributed by atoms with Gasteiger partial charge in [0.1, 0.15) is 10.5 Å². The number of hydrogen-bond acceptors (Lipinski definition) is 5. The number of benzene rings is 2. The van der Waals surface area contributed by atoms with E-state index in [2.05, 4.69) is 15.7 Å². The number of nitrogens with zero attached hydrogens (tertiary/aromatic N) is 2. The predicted octanol–water partition coefficient (Wildman–Crippen LogP) is 3.33. The molecule has 1 aliphatic rings. The minimum atomic E-state index is -1.07. The molecule has 1 saturated heterocycles. The van der Waals surface area contributed by atoms with E-state index in [1.54, 1.807) is 12.3 Å². The van der Waals surface area contributed by atoms with Crippen molar-refractivity contribution in [3.8, 4) is 10.6 Å². The lowest BCUT2D eigenvalue weighted by Gasteiger charge is -2.21. The van der Waals surface area contributed by atoms with E-state index in [-0.39, 0.29) is 6.42 Å². The molecular formula is C23H22N4O3S. The molecular weight excluding hydrogens is 412 g/mol. The summed E-state index contributed by atoms with van der Waals surface area (Å²) in [5.41, 5.74) is 3.99. The van der Waals surface area contributed by atoms with E-state index in [9.17, 15) is 14.4 Å². The Labute approximate surface area is 184 Å². The highest BCUT2D eigenvalue weighted by atomic mass is 32.1. The quantitative estimate of drug-likeness (QED) is 0.558. The van der Waals surface area contributed by atoms with E-state index < -0.39 is 23.4 Å². The van der Waals surface area contributed by atoms with E-state index in [0.29, 0.717) is 18.5 Å². The summed E-state index contributed by atoms with van der Waals surface area (Å²) in [4.78, 5) is 42.2. The molecule has 0 aliphatic carbocycles. The Hall–Kier alpha value is -3.52. The van der Waals surface area contributed by atoms with Gasteiger partial charge in [0.15, 0.2) is 0 Å². The number of thiazole rings is 1. The molecule has 1 atom stereocenters. The number of amides is 4. The molecule has 3 aromatic rings. The fourth-order valence-corrected chi connectivity index (χ4v) is 4.25. The Kier molecular flexibility index (Phi) is 5.81. The monoisotopic (exact) mass is 434 g/mol. The van der Waals surface area contributed by atoms with Gasteiger partial charge in [-0.1, -0.05) is 60.7 Å². The van der Waals surface area contributed by atoms with Gasteiger partial charge < -0.3 is 5.32 Å². The second-order valence-electron chi connectivity index (χ2n) is 7.61. The predicted molar refractivity (Wildman–Crippen MR) is 118 cm³/mol. The summed E-state index contributed by atoms with van der Waals surface area (Å²) < 4.78 is 0. The zero-order valence-corrected chi connectivity index (χ0v) is 17.8. The molecule has 1 unspecified atom stereocenters. The van der Waals surface area contributed by atoms with Crippen molar-refractivity contribution in [3.05, 3.63) is 77.3 Å². The van der Waals surface area contributed by atoms with E-state index in [1.165, 1.54) is 11.3 Å². The van der Waals surface area contributed by atoms with Crippen molar-refractivity contribution >= 4 is 29.2 Å². The fourth-order valence-electron chi connectivity index (χ4n) is 3.42. The van der Waals surface area contributed by atoms with Gasteiger partial charge in [-0.2, -0.15) is 5.01 Å². The first-order valence-corrected chi connectivity index (χ1v) is 10.8. The van der Waals surface area contributed by atoms with Crippen LogP contribution in [0.2, 0.25) is 0 Å². The van der Waals surface area contributed by atoms with Crippen LogP contribution in [0, 0.1) is 0 Å². The lowest BCUT2D eigenvalue weighted by atomic mass is 9.93. The molecule has 8 heteroatoms. The lowest BCUT2D eigenvalue weighted by Crippen LogP contribution is -2.49. The Morgan fingerprint density at radius 3 is 2.48 bits per heavy atom. The van der Waals surface area contributed by atoms with Crippen molar-refractivity contribution in [2.24, 2.45) is 0 Å². The van der Waals surface area contributed by atoms with Gasteiger partial charge >= 0.3 is 6.03 Å². The maximum absolute atomic E-state index is 12.9. The number of imide groups is 1. The van der Waals surface area contributed by atoms with Crippen LogP contribution < -0.4 is 10.7 Å². The van der Waals surface area contributed by atoms with Crippen molar-refractivity contribution in [1.29, 1.82) is 0 Å². The number of hydrogen-bond donors (Lipinski definition) is 2. The number of aromatic nitrogens is 1. The summed E-state index contributed by atoms with van der Waals surface area (Å²) in [5, 5.41) is 6.10. The van der Waals surface area contributed by atoms with Crippen molar-refractivity contribution in [3.63, 3.8) is 0 Å². The molecule has 2 aromatic carbocycles. The Balaban J connectivity index is 1.36. The summed E-state index contributed by atoms with van der Waals surface area (Å²) in [6, 6.07) is 18.8. The molecule has 4 rings (SSSR count). The standard InChI is InChI=1S/C23H22N4O3S/c1-23(13-12-16-8-4-2-5-9-16)21(29)27(22(30)25-23)26-19(28)14-18-15-31-20(24-18)17-10-6-3-7-11-17/h2-11,15H,12-14H2,1H3,(H,25,30)(H,26,28). The second kappa shape index (κ2) is 8.69. The first-order valence-electron chi connectivity index (χ1n) is 9.94. The molecule has 2 heterocycles. The summed E-state index contributed by atoms with van der Waals surface area (Å²) in [5.74, 6) is -0.939. The van der Waals surface area contributed by atoms with Crippen molar-refractivity contribution in [2.45, 2.75) is 31.7 Å². The zero-order chi connectivity index (χ0) is 21.8. The van der Waals surface area contributed by atoms with Crippen LogP contribution in [-0.2, 0) is 22.4 Å². The first-order chi connectivity index (χ1) is 14.9. The van der Waals surface area contributed by atoms with Gasteiger partial charge in [0.05, 0.1) is 12.1 Å². The van der Waals surface area contributed by atoms with Crippen molar-refractivity contribution in [1.82, 2.24) is 20.7 Å². The molecule has 4 amide bonds. The van der Waals surface area contributed by atoms with Gasteiger partial charge in [0, 0.05) is 10.9 Å². The van der Waals surface area contributed by atoms with E-state index in [1.807, 2.05) is 60.7 Å². The average Bonchev–Trinajstić information content (AvgIpc) is 3.32. The molecule has 2 N–H and O–H groups in total. The van der Waals surface area contributed by atoms with Crippen LogP contribution in [0.25, 0.3) is 10.6 Å². The lowest BCUT2D eigenvalue weighted by molar-refractivity contribution is -0.138. The van der Waals surface area contributed by atoms with Crippen LogP contribution in [0.3, 0.4) is 0 Å². The smallest absolute Gasteiger partial charge is 0.322 e. The molecule has 0 spiro atoms. The van der Waals surface area contributed by atoms with Crippen LogP contribution in [0.15, 0.2) is 66.0 Å². The molecule has 31 heavy (non-hydrogen) atoms. The third-order valence-corrected chi connectivity index (χ3v) is 6.11. The maximum Gasteiger partial charge on any atom is 0.344 e. The topological polar surface area (TPSA) is 91.4 Å². The van der Waals surface area contributed by atoms with E-state index >= 15 is 0 Å². The number of rotatable bonds is 7. The number of nitrogens with one attached hydrogen (secondary N) is 2. The minimum Gasteiger partial charge on any atom is -0.322 e. The Morgan fingerprint density at radius 1 is 1.10 bits per heavy atom. The highest BCUT2D eigenvalue weighted by Crippen LogP contribution is 2.24. The number of carbonyl (C=O) groups excluding carboxylic acids is 3. The molecule has 7 nitrogen and oxygen atoms in total. The maximum atomic E-state index is 12.9. The SMILES string of the molecule is CC1(CCc2ccccc2)NC(=O)N(NC(=O)Cc2csc(-c3ccccc3)n2)C1=O. The van der Waals surface area contributed by atoms with Crippen LogP contribution in [0.1, 0.15) is 24.6 Å². The van der Waals surface area contributed by atoms with Gasteiger partial charge in [0.2, 0.25) is 5.91 Å². The number of urea groups is 1. The first kappa shape index (κ1) is 20.7. The van der Waals surface area contributed by atoms with Crippen LogP contribution in [-0.4, -0.2) is 33.4 Å². The molecule has 1 aromatic heterocycles. The molecule has 0 radical (unpaired) electrons. The third-order valence-electron chi connectivity index (χ3n) is 5.17. The molecule has 158 valence electrons. The Bertz CT molecular complexity index is 1100. The largest absolute Gasteiger partial charge is 0.344 e. The van der Waals surface area contributed by atoms with Crippen molar-refractivity contribution in [2.75, 3.05) is 0 Å². The van der Waals surface area contributed by atoms with Gasteiger partial charge in [-0.25, -0.2) is 9.78 Å². The second-order valence-corrected chi connectivity index (χ2v) is 8.47. The van der Waals surface area contributed by atoms with E-state index in [0.717, 1.165) is 21.1 Å². The number of aryl methyl sites for hydroxylation is 1. The molecule has 0 saturated carbocycles. The van der Waals surface area contributed by atoms with Gasteiger partial charge in [-0.3, -0.25) is 15.0 Å². The fraction of sp³-hybridized carbons (Fsp3) is 0.217. The van der Waals surface area contributed by atoms with Gasteiger partial charge in [0.25, 0.3) is 5.91 Å². The minimum absolute atomic E-state index is 0.0267. The highest BCUT2D eigenvalue weighted by Gasteiger charge is 2.48. The molecule has 1 fully saturated rings. The Morgan fingerprint density at radius 2 is 1.77 bits per heavy atom. The van der Waals surface area contributed by atoms with E-state index in [4.69, 9.17) is 0 Å². The van der Waals surface area contributed by atoms with Gasteiger partial charge in [-0.15, -0.1) is 11.3 Å². The number of hydrazine groups is 1. The van der Waals surface area contributed by atoms with Crippen LogP contribution >= 0.6 is 11.3 Å². The molecule has 1 aliphatic heterocycles. The zero-order valence-electron chi connectivity index (χ0n) is 17.0. The van der Waals surface area contributed by atoms with Crippen LogP contribution in [0.4, 0.5) is 4.79 Å². The highest BCUT2D eigenvalue weighted by molar-refractivity contribution is 7.13. The summed E-state index contributed by atoms with van der Waals surface area (Å²) in [6.45, 7) is 1.68. The van der Waals surface area contributed by atoms with Crippen molar-refractivity contribution < 1.29 is 14.4 Å². The normalized spacial score (nSPS) is 18.2.